The SMILES string of the molecule is CCNC(=O)c1ccc(NC(=O)c2cc(Br)ccc2OC(C)C)cc1. The van der Waals surface area contributed by atoms with E-state index in [1.807, 2.05) is 26.8 Å². The van der Waals surface area contributed by atoms with E-state index in [1.54, 1.807) is 36.4 Å². The minimum absolute atomic E-state index is 0.0379. The number of hydrogen-bond acceptors (Lipinski definition) is 3. The van der Waals surface area contributed by atoms with Gasteiger partial charge in [-0.1, -0.05) is 15.9 Å². The molecule has 0 heterocycles. The van der Waals surface area contributed by atoms with Gasteiger partial charge in [0.2, 0.25) is 0 Å². The average Bonchev–Trinajstić information content (AvgIpc) is 2.57. The summed E-state index contributed by atoms with van der Waals surface area (Å²) in [5.74, 6) is 0.109. The largest absolute Gasteiger partial charge is 0.490 e. The molecule has 0 saturated heterocycles. The minimum Gasteiger partial charge on any atom is -0.490 e. The first kappa shape index (κ1) is 19.0. The minimum atomic E-state index is -0.275. The fourth-order valence-electron chi connectivity index (χ4n) is 2.20. The number of carbonyl (C=O) groups is 2. The number of amides is 2. The van der Waals surface area contributed by atoms with Crippen molar-refractivity contribution >= 4 is 33.4 Å². The van der Waals surface area contributed by atoms with Crippen molar-refractivity contribution in [3.8, 4) is 5.75 Å². The van der Waals surface area contributed by atoms with Crippen LogP contribution >= 0.6 is 15.9 Å². The zero-order chi connectivity index (χ0) is 18.4. The summed E-state index contributed by atoms with van der Waals surface area (Å²) in [6.45, 7) is 6.24. The van der Waals surface area contributed by atoms with Gasteiger partial charge in [-0.25, -0.2) is 0 Å². The Morgan fingerprint density at radius 2 is 1.76 bits per heavy atom. The molecule has 132 valence electrons. The second-order valence-electron chi connectivity index (χ2n) is 5.70. The van der Waals surface area contributed by atoms with Crippen LogP contribution < -0.4 is 15.4 Å². The van der Waals surface area contributed by atoms with E-state index in [4.69, 9.17) is 4.74 Å². The van der Waals surface area contributed by atoms with Gasteiger partial charge in [-0.15, -0.1) is 0 Å². The summed E-state index contributed by atoms with van der Waals surface area (Å²) in [4.78, 5) is 24.4. The quantitative estimate of drug-likeness (QED) is 0.756. The van der Waals surface area contributed by atoms with E-state index in [0.29, 0.717) is 29.1 Å². The first-order valence-electron chi connectivity index (χ1n) is 8.06. The van der Waals surface area contributed by atoms with Crippen molar-refractivity contribution < 1.29 is 14.3 Å². The molecule has 0 aliphatic rings. The Balaban J connectivity index is 2.17. The number of benzene rings is 2. The van der Waals surface area contributed by atoms with E-state index < -0.39 is 0 Å². The Morgan fingerprint density at radius 3 is 2.36 bits per heavy atom. The van der Waals surface area contributed by atoms with Gasteiger partial charge in [0.1, 0.15) is 5.75 Å². The van der Waals surface area contributed by atoms with E-state index in [-0.39, 0.29) is 17.9 Å². The Hall–Kier alpha value is -2.34. The van der Waals surface area contributed by atoms with Crippen LogP contribution in [0.25, 0.3) is 0 Å². The average molecular weight is 405 g/mol. The van der Waals surface area contributed by atoms with Gasteiger partial charge in [0, 0.05) is 22.3 Å². The summed E-state index contributed by atoms with van der Waals surface area (Å²) >= 11 is 3.38. The molecule has 0 aromatic heterocycles. The summed E-state index contributed by atoms with van der Waals surface area (Å²) in [6.07, 6.45) is -0.0379. The first-order chi connectivity index (χ1) is 11.9. The fourth-order valence-corrected chi connectivity index (χ4v) is 2.56. The van der Waals surface area contributed by atoms with Gasteiger partial charge in [-0.3, -0.25) is 9.59 Å². The summed E-state index contributed by atoms with van der Waals surface area (Å²) in [5.41, 5.74) is 1.59. The molecule has 0 radical (unpaired) electrons. The van der Waals surface area contributed by atoms with Crippen LogP contribution in [-0.2, 0) is 0 Å². The maximum atomic E-state index is 12.6. The second kappa shape index (κ2) is 8.67. The fraction of sp³-hybridized carbons (Fsp3) is 0.263. The molecule has 2 N–H and O–H groups in total. The molecule has 0 aliphatic heterocycles. The lowest BCUT2D eigenvalue weighted by molar-refractivity contribution is 0.0955. The van der Waals surface area contributed by atoms with E-state index >= 15 is 0 Å². The standard InChI is InChI=1S/C19H21BrN2O3/c1-4-21-18(23)13-5-8-15(9-6-13)22-19(24)16-11-14(20)7-10-17(16)25-12(2)3/h5-12H,4H2,1-3H3,(H,21,23)(H,22,24). The molecular weight excluding hydrogens is 384 g/mol. The van der Waals surface area contributed by atoms with E-state index in [0.717, 1.165) is 4.47 Å². The number of anilines is 1. The number of nitrogens with one attached hydrogen (secondary N) is 2. The molecule has 0 spiro atoms. The van der Waals surface area contributed by atoms with E-state index in [9.17, 15) is 9.59 Å². The van der Waals surface area contributed by atoms with Gasteiger partial charge < -0.3 is 15.4 Å². The van der Waals surface area contributed by atoms with Crippen LogP contribution in [0.2, 0.25) is 0 Å². The maximum Gasteiger partial charge on any atom is 0.259 e. The van der Waals surface area contributed by atoms with Crippen molar-refractivity contribution in [3.05, 3.63) is 58.1 Å². The van der Waals surface area contributed by atoms with Crippen LogP contribution in [0.15, 0.2) is 46.9 Å². The molecule has 0 fully saturated rings. The summed E-state index contributed by atoms with van der Waals surface area (Å²) < 4.78 is 6.49. The first-order valence-corrected chi connectivity index (χ1v) is 8.85. The Kier molecular flexibility index (Phi) is 6.58. The number of rotatable bonds is 6. The molecule has 2 aromatic carbocycles. The summed E-state index contributed by atoms with van der Waals surface area (Å²) in [5, 5.41) is 5.56. The van der Waals surface area contributed by atoms with Crippen LogP contribution in [0.1, 0.15) is 41.5 Å². The van der Waals surface area contributed by atoms with Gasteiger partial charge >= 0.3 is 0 Å². The van der Waals surface area contributed by atoms with Crippen LogP contribution in [0, 0.1) is 0 Å². The zero-order valence-electron chi connectivity index (χ0n) is 14.4. The monoisotopic (exact) mass is 404 g/mol. The smallest absolute Gasteiger partial charge is 0.259 e. The molecule has 0 saturated carbocycles. The van der Waals surface area contributed by atoms with Crippen molar-refractivity contribution in [2.45, 2.75) is 26.9 Å². The van der Waals surface area contributed by atoms with Gasteiger partial charge in [-0.2, -0.15) is 0 Å². The van der Waals surface area contributed by atoms with E-state index in [2.05, 4.69) is 26.6 Å². The number of carbonyl (C=O) groups excluding carboxylic acids is 2. The van der Waals surface area contributed by atoms with Crippen molar-refractivity contribution in [1.82, 2.24) is 5.32 Å². The lowest BCUT2D eigenvalue weighted by atomic mass is 10.1. The van der Waals surface area contributed by atoms with Crippen LogP contribution in [0.3, 0.4) is 0 Å². The Labute approximate surface area is 155 Å². The van der Waals surface area contributed by atoms with Crippen molar-refractivity contribution in [2.75, 3.05) is 11.9 Å². The molecule has 0 atom stereocenters. The van der Waals surface area contributed by atoms with Crippen molar-refractivity contribution in [1.29, 1.82) is 0 Å². The third-order valence-electron chi connectivity index (χ3n) is 3.29. The van der Waals surface area contributed by atoms with Gasteiger partial charge in [0.15, 0.2) is 0 Å². The van der Waals surface area contributed by atoms with Gasteiger partial charge in [-0.05, 0) is 63.2 Å². The molecular formula is C19H21BrN2O3. The molecule has 6 heteroatoms. The third-order valence-corrected chi connectivity index (χ3v) is 3.78. The molecule has 0 bridgehead atoms. The second-order valence-corrected chi connectivity index (χ2v) is 6.61. The Morgan fingerprint density at radius 1 is 1.08 bits per heavy atom. The number of halogens is 1. The molecule has 2 rings (SSSR count). The number of ether oxygens (including phenoxy) is 1. The van der Waals surface area contributed by atoms with Crippen molar-refractivity contribution in [3.63, 3.8) is 0 Å². The predicted molar refractivity (Wildman–Crippen MR) is 102 cm³/mol. The third kappa shape index (κ3) is 5.32. The molecule has 0 unspecified atom stereocenters. The normalized spacial score (nSPS) is 10.4. The lowest BCUT2D eigenvalue weighted by Crippen LogP contribution is -2.22. The zero-order valence-corrected chi connectivity index (χ0v) is 16.0. The Bertz CT molecular complexity index is 758. The summed E-state index contributed by atoms with van der Waals surface area (Å²) in [6, 6.07) is 12.1. The highest BCUT2D eigenvalue weighted by atomic mass is 79.9. The van der Waals surface area contributed by atoms with E-state index in [1.165, 1.54) is 0 Å². The highest BCUT2D eigenvalue weighted by Gasteiger charge is 2.15. The molecule has 25 heavy (non-hydrogen) atoms. The number of hydrogen-bond donors (Lipinski definition) is 2. The maximum absolute atomic E-state index is 12.6. The summed E-state index contributed by atoms with van der Waals surface area (Å²) in [7, 11) is 0. The van der Waals surface area contributed by atoms with Crippen LogP contribution in [0.4, 0.5) is 5.69 Å². The molecule has 2 aromatic rings. The highest BCUT2D eigenvalue weighted by molar-refractivity contribution is 9.10. The van der Waals surface area contributed by atoms with Gasteiger partial charge in [0.05, 0.1) is 11.7 Å². The highest BCUT2D eigenvalue weighted by Crippen LogP contribution is 2.25. The molecule has 5 nitrogen and oxygen atoms in total. The van der Waals surface area contributed by atoms with Gasteiger partial charge in [0.25, 0.3) is 11.8 Å². The lowest BCUT2D eigenvalue weighted by Gasteiger charge is -2.14. The topological polar surface area (TPSA) is 67.4 Å². The van der Waals surface area contributed by atoms with Crippen molar-refractivity contribution in [2.24, 2.45) is 0 Å². The molecule has 2 amide bonds. The van der Waals surface area contributed by atoms with Crippen LogP contribution in [0.5, 0.6) is 5.75 Å². The van der Waals surface area contributed by atoms with Crippen LogP contribution in [-0.4, -0.2) is 24.5 Å². The predicted octanol–water partition coefficient (Wildman–Crippen LogP) is 4.24. The molecule has 0 aliphatic carbocycles.